The normalized spacial score (nSPS) is 18.0. The van der Waals surface area contributed by atoms with Gasteiger partial charge in [-0.2, -0.15) is 0 Å². The number of fused-ring (bicyclic) bond motifs is 1. The Balaban J connectivity index is 0.00000141. The molecule has 1 unspecified atom stereocenters. The molecule has 1 atom stereocenters. The fraction of sp³-hybridized carbons (Fsp3) is 0.538. The molecular weight excluding hydrogens is 442 g/mol. The number of carbonyl (C=O) groups is 1. The van der Waals surface area contributed by atoms with Crippen molar-refractivity contribution in [3.63, 3.8) is 0 Å². The lowest BCUT2D eigenvalue weighted by atomic mass is 9.93. The van der Waals surface area contributed by atoms with Crippen molar-refractivity contribution in [1.82, 2.24) is 24.5 Å². The van der Waals surface area contributed by atoms with E-state index < -0.39 is 5.60 Å². The van der Waals surface area contributed by atoms with Crippen LogP contribution in [0.2, 0.25) is 0 Å². The van der Waals surface area contributed by atoms with E-state index >= 15 is 0 Å². The van der Waals surface area contributed by atoms with Crippen LogP contribution in [0.1, 0.15) is 60.3 Å². The van der Waals surface area contributed by atoms with Gasteiger partial charge < -0.3 is 20.3 Å². The molecule has 1 aliphatic heterocycles. The van der Waals surface area contributed by atoms with Crippen molar-refractivity contribution in [2.24, 2.45) is 0 Å². The minimum atomic E-state index is -0.492. The molecule has 4 heterocycles. The molecule has 35 heavy (non-hydrogen) atoms. The number of carbonyl (C=O) groups excluding carboxylic acids is 1. The molecule has 3 aromatic heterocycles. The Morgan fingerprint density at radius 3 is 2.51 bits per heavy atom. The quantitative estimate of drug-likeness (QED) is 0.519. The number of nitrogens with one attached hydrogen (secondary N) is 2. The fourth-order valence-corrected chi connectivity index (χ4v) is 4.12. The second-order valence-corrected chi connectivity index (χ2v) is 9.87. The maximum atomic E-state index is 12.3. The van der Waals surface area contributed by atoms with Crippen LogP contribution >= 0.6 is 0 Å². The zero-order valence-electron chi connectivity index (χ0n) is 21.4. The fourth-order valence-electron chi connectivity index (χ4n) is 4.12. The third kappa shape index (κ3) is 6.01. The number of pyridine rings is 1. The lowest BCUT2D eigenvalue weighted by Crippen LogP contribution is -2.36. The van der Waals surface area contributed by atoms with Gasteiger partial charge in [-0.15, -0.1) is 5.10 Å². The van der Waals surface area contributed by atoms with Crippen LogP contribution in [0.25, 0.3) is 17.0 Å². The number of rotatable bonds is 5. The molecule has 0 radical (unpaired) electrons. The molecule has 0 aromatic carbocycles. The predicted octanol–water partition coefficient (Wildman–Crippen LogP) is 5.20. The molecule has 1 amide bonds. The number of hydrogen-bond donors (Lipinski definition) is 2. The lowest BCUT2D eigenvalue weighted by Gasteiger charge is -2.26. The van der Waals surface area contributed by atoms with Crippen molar-refractivity contribution in [3.05, 3.63) is 36.5 Å². The Morgan fingerprint density at radius 1 is 1.03 bits per heavy atom. The monoisotopic (exact) mass is 479 g/mol. The molecule has 1 aliphatic carbocycles. The van der Waals surface area contributed by atoms with Crippen molar-refractivity contribution in [3.8, 4) is 11.4 Å². The molecule has 188 valence electrons. The molecular formula is C26H37N7O2. The number of ether oxygens (including phenoxy) is 1. The van der Waals surface area contributed by atoms with E-state index in [1.54, 1.807) is 11.1 Å². The van der Waals surface area contributed by atoms with Crippen LogP contribution in [0, 0.1) is 0 Å². The molecule has 1 saturated heterocycles. The molecule has 9 heteroatoms. The molecule has 0 bridgehead atoms. The van der Waals surface area contributed by atoms with Gasteiger partial charge in [0.2, 0.25) is 0 Å². The molecule has 0 spiro atoms. The van der Waals surface area contributed by atoms with Gasteiger partial charge in [-0.05, 0) is 70.7 Å². The number of anilines is 2. The van der Waals surface area contributed by atoms with Crippen LogP contribution in [0.3, 0.4) is 0 Å². The number of imidazole rings is 1. The average molecular weight is 480 g/mol. The van der Waals surface area contributed by atoms with E-state index in [1.165, 1.54) is 19.3 Å². The number of amides is 1. The van der Waals surface area contributed by atoms with Gasteiger partial charge in [-0.1, -0.05) is 19.9 Å². The summed E-state index contributed by atoms with van der Waals surface area (Å²) in [6.45, 7) is 10.9. The highest BCUT2D eigenvalue weighted by Gasteiger charge is 2.30. The summed E-state index contributed by atoms with van der Waals surface area (Å²) in [6.07, 6.45) is 6.05. The Labute approximate surface area is 207 Å². The largest absolute Gasteiger partial charge is 0.444 e. The van der Waals surface area contributed by atoms with Gasteiger partial charge in [0.15, 0.2) is 5.65 Å². The molecule has 5 rings (SSSR count). The third-order valence-corrected chi connectivity index (χ3v) is 6.02. The summed E-state index contributed by atoms with van der Waals surface area (Å²) in [5.74, 6) is 1.62. The minimum Gasteiger partial charge on any atom is -0.444 e. The molecule has 3 aromatic rings. The highest BCUT2D eigenvalue weighted by Crippen LogP contribution is 2.25. The minimum absolute atomic E-state index is 0.124. The van der Waals surface area contributed by atoms with Gasteiger partial charge in [0.05, 0.1) is 11.9 Å². The van der Waals surface area contributed by atoms with Crippen molar-refractivity contribution >= 4 is 23.4 Å². The standard InChI is InChI=1S/C24H31N7O2.C2H6/c1-24(2,3)33-23(32)30-13-12-17(15-30)27-20-9-5-8-18(28-20)19-14-25-22-11-10-21(29-31(19)22)26-16-6-4-7-16;1-2/h5,8-11,14,16-17H,4,6-7,12-13,15H2,1-3H3,(H,26,29)(H,27,28);1-2H3. The maximum absolute atomic E-state index is 12.3. The first-order valence-corrected chi connectivity index (χ1v) is 12.7. The predicted molar refractivity (Wildman–Crippen MR) is 139 cm³/mol. The number of aromatic nitrogens is 4. The van der Waals surface area contributed by atoms with Crippen molar-refractivity contribution < 1.29 is 9.53 Å². The smallest absolute Gasteiger partial charge is 0.410 e. The number of likely N-dealkylation sites (tertiary alicyclic amines) is 1. The van der Waals surface area contributed by atoms with E-state index in [1.807, 2.05) is 69.5 Å². The summed E-state index contributed by atoms with van der Waals surface area (Å²) in [7, 11) is 0. The Kier molecular flexibility index (Phi) is 7.42. The Bertz CT molecular complexity index is 1150. The summed E-state index contributed by atoms with van der Waals surface area (Å²) in [6, 6.07) is 10.5. The lowest BCUT2D eigenvalue weighted by molar-refractivity contribution is 0.0293. The van der Waals surface area contributed by atoms with E-state index in [0.717, 1.165) is 35.1 Å². The molecule has 2 fully saturated rings. The second kappa shape index (κ2) is 10.5. The van der Waals surface area contributed by atoms with Crippen molar-refractivity contribution in [1.29, 1.82) is 0 Å². The highest BCUT2D eigenvalue weighted by atomic mass is 16.6. The van der Waals surface area contributed by atoms with Crippen LogP contribution in [0.4, 0.5) is 16.4 Å². The third-order valence-electron chi connectivity index (χ3n) is 6.02. The van der Waals surface area contributed by atoms with Gasteiger partial charge in [0.25, 0.3) is 0 Å². The van der Waals surface area contributed by atoms with Gasteiger partial charge in [-0.25, -0.2) is 19.3 Å². The van der Waals surface area contributed by atoms with Gasteiger partial charge in [0, 0.05) is 25.2 Å². The second-order valence-electron chi connectivity index (χ2n) is 9.87. The first-order chi connectivity index (χ1) is 16.8. The van der Waals surface area contributed by atoms with Crippen LogP contribution in [0.15, 0.2) is 36.5 Å². The van der Waals surface area contributed by atoms with Crippen LogP contribution in [-0.4, -0.2) is 61.3 Å². The number of hydrogen-bond acceptors (Lipinski definition) is 7. The summed E-state index contributed by atoms with van der Waals surface area (Å²) < 4.78 is 7.34. The summed E-state index contributed by atoms with van der Waals surface area (Å²) in [4.78, 5) is 23.4. The van der Waals surface area contributed by atoms with Crippen LogP contribution in [-0.2, 0) is 4.74 Å². The van der Waals surface area contributed by atoms with Crippen LogP contribution < -0.4 is 10.6 Å². The molecule has 2 aliphatic rings. The maximum Gasteiger partial charge on any atom is 0.410 e. The average Bonchev–Trinajstić information content (AvgIpc) is 3.44. The topological polar surface area (TPSA) is 96.7 Å². The summed E-state index contributed by atoms with van der Waals surface area (Å²) in [5, 5.41) is 11.7. The van der Waals surface area contributed by atoms with E-state index in [0.29, 0.717) is 19.1 Å². The molecule has 2 N–H and O–H groups in total. The van der Waals surface area contributed by atoms with E-state index in [-0.39, 0.29) is 12.1 Å². The summed E-state index contributed by atoms with van der Waals surface area (Å²) >= 11 is 0. The molecule has 1 saturated carbocycles. The number of nitrogens with zero attached hydrogens (tertiary/aromatic N) is 5. The zero-order chi connectivity index (χ0) is 25.0. The SMILES string of the molecule is CC.CC(C)(C)OC(=O)N1CCC(Nc2cccc(-c3cnc4ccc(NC5CCC5)nn34)n2)C1. The highest BCUT2D eigenvalue weighted by molar-refractivity contribution is 5.69. The van der Waals surface area contributed by atoms with Gasteiger partial charge in [0.1, 0.15) is 22.9 Å². The van der Waals surface area contributed by atoms with Gasteiger partial charge in [-0.3, -0.25) is 0 Å². The first kappa shape index (κ1) is 24.8. The van der Waals surface area contributed by atoms with Crippen molar-refractivity contribution in [2.75, 3.05) is 23.7 Å². The van der Waals surface area contributed by atoms with Crippen LogP contribution in [0.5, 0.6) is 0 Å². The molecule has 9 nitrogen and oxygen atoms in total. The van der Waals surface area contributed by atoms with Crippen molar-refractivity contribution in [2.45, 2.75) is 78.0 Å². The Morgan fingerprint density at radius 2 is 1.80 bits per heavy atom. The van der Waals surface area contributed by atoms with Gasteiger partial charge >= 0.3 is 6.09 Å². The van der Waals surface area contributed by atoms with E-state index in [4.69, 9.17) is 14.8 Å². The first-order valence-electron chi connectivity index (χ1n) is 12.7. The zero-order valence-corrected chi connectivity index (χ0v) is 21.4. The van der Waals surface area contributed by atoms with E-state index in [9.17, 15) is 4.79 Å². The summed E-state index contributed by atoms with van der Waals surface area (Å²) in [5.41, 5.74) is 1.93. The Hall–Kier alpha value is -3.36. The van der Waals surface area contributed by atoms with E-state index in [2.05, 4.69) is 15.6 Å².